The molecule has 2 aromatic heterocycles. The Morgan fingerprint density at radius 3 is 2.64 bits per heavy atom. The third-order valence-corrected chi connectivity index (χ3v) is 7.11. The van der Waals surface area contributed by atoms with Gasteiger partial charge in [-0.25, -0.2) is 9.88 Å². The van der Waals surface area contributed by atoms with E-state index in [-0.39, 0.29) is 18.3 Å². The number of hydrogen-bond donors (Lipinski definition) is 0. The van der Waals surface area contributed by atoms with E-state index in [0.717, 1.165) is 18.4 Å². The normalized spacial score (nSPS) is 22.4. The molecular weight excluding hydrogens is 465 g/mol. The van der Waals surface area contributed by atoms with Crippen LogP contribution in [0.1, 0.15) is 44.1 Å². The summed E-state index contributed by atoms with van der Waals surface area (Å²) in [5, 5.41) is 0. The van der Waals surface area contributed by atoms with Crippen LogP contribution in [0, 0.1) is 5.92 Å². The second-order valence-corrected chi connectivity index (χ2v) is 9.53. The van der Waals surface area contributed by atoms with Gasteiger partial charge in [0.05, 0.1) is 24.7 Å². The minimum Gasteiger partial charge on any atom is -0.469 e. The Bertz CT molecular complexity index is 1220. The first-order valence-corrected chi connectivity index (χ1v) is 12.5. The molecule has 36 heavy (non-hydrogen) atoms. The summed E-state index contributed by atoms with van der Waals surface area (Å²) in [6.07, 6.45) is 6.54. The fourth-order valence-electron chi connectivity index (χ4n) is 5.11. The lowest BCUT2D eigenvalue weighted by Gasteiger charge is -2.37. The summed E-state index contributed by atoms with van der Waals surface area (Å²) in [6, 6.07) is 8.92. The molecule has 5 rings (SSSR count). The Balaban J connectivity index is 1.32. The monoisotopic (exact) mass is 495 g/mol. The zero-order chi connectivity index (χ0) is 25.1. The average Bonchev–Trinajstić information content (AvgIpc) is 3.60. The number of hydrogen-bond acceptors (Lipinski definition) is 8. The molecule has 3 heterocycles. The third-order valence-electron chi connectivity index (χ3n) is 7.11. The maximum atomic E-state index is 16.4. The standard InChI is InChI=1S/C27H30FN3O5/c1-34-26(33)19-7-9-21(10-8-19)36-27(28,31-13-2-3-14-31)24(32)16-18-6-11-22-23(15-18)35-25(30-22)20-5-4-12-29-17-20/h4-6,11-12,15,17,19,21H,2-3,7-10,13-14,16H2,1H3. The first kappa shape index (κ1) is 24.5. The Kier molecular flexibility index (Phi) is 7.11. The fourth-order valence-corrected chi connectivity index (χ4v) is 5.11. The first-order valence-electron chi connectivity index (χ1n) is 12.5. The van der Waals surface area contributed by atoms with Gasteiger partial charge in [-0.1, -0.05) is 6.07 Å². The van der Waals surface area contributed by atoms with Gasteiger partial charge in [0.1, 0.15) is 5.52 Å². The second-order valence-electron chi connectivity index (χ2n) is 9.53. The third kappa shape index (κ3) is 5.03. The van der Waals surface area contributed by atoms with Crippen LogP contribution in [0.4, 0.5) is 4.39 Å². The molecule has 2 fully saturated rings. The van der Waals surface area contributed by atoms with Gasteiger partial charge in [0.15, 0.2) is 5.58 Å². The largest absolute Gasteiger partial charge is 0.469 e. The van der Waals surface area contributed by atoms with Gasteiger partial charge in [-0.2, -0.15) is 4.39 Å². The molecule has 0 spiro atoms. The number of esters is 1. The number of carbonyl (C=O) groups is 2. The number of halogens is 1. The van der Waals surface area contributed by atoms with Gasteiger partial charge >= 0.3 is 11.9 Å². The highest BCUT2D eigenvalue weighted by Gasteiger charge is 2.48. The van der Waals surface area contributed by atoms with Crippen LogP contribution >= 0.6 is 0 Å². The summed E-state index contributed by atoms with van der Waals surface area (Å²) in [5.41, 5.74) is 2.54. The topological polar surface area (TPSA) is 94.8 Å². The summed E-state index contributed by atoms with van der Waals surface area (Å²) >= 11 is 0. The minimum atomic E-state index is -2.50. The van der Waals surface area contributed by atoms with Gasteiger partial charge in [-0.3, -0.25) is 14.6 Å². The zero-order valence-electron chi connectivity index (χ0n) is 20.3. The SMILES string of the molecule is COC(=O)C1CCC(OC(F)(C(=O)Cc2ccc3nc(-c4cccnc4)oc3c2)N2CCCC2)CC1. The predicted octanol–water partition coefficient (Wildman–Crippen LogP) is 4.47. The Morgan fingerprint density at radius 2 is 1.94 bits per heavy atom. The van der Waals surface area contributed by atoms with Gasteiger partial charge in [-0.15, -0.1) is 0 Å². The number of ketones is 1. The molecule has 1 aliphatic heterocycles. The number of nitrogens with zero attached hydrogens (tertiary/aromatic N) is 3. The van der Waals surface area contributed by atoms with Crippen molar-refractivity contribution in [3.8, 4) is 11.5 Å². The smallest absolute Gasteiger partial charge is 0.330 e. The molecule has 0 N–H and O–H groups in total. The summed E-state index contributed by atoms with van der Waals surface area (Å²) in [6.45, 7) is 0.935. The first-order chi connectivity index (χ1) is 17.5. The maximum Gasteiger partial charge on any atom is 0.330 e. The minimum absolute atomic E-state index is 0.136. The average molecular weight is 496 g/mol. The van der Waals surface area contributed by atoms with Gasteiger partial charge in [-0.05, 0) is 68.4 Å². The van der Waals surface area contributed by atoms with Crippen molar-refractivity contribution in [3.05, 3.63) is 48.3 Å². The second kappa shape index (κ2) is 10.4. The van der Waals surface area contributed by atoms with Crippen LogP contribution in [-0.2, 0) is 25.5 Å². The molecule has 3 aromatic rings. The van der Waals surface area contributed by atoms with E-state index in [0.29, 0.717) is 61.3 Å². The van der Waals surface area contributed by atoms with Crippen molar-refractivity contribution < 1.29 is 27.9 Å². The van der Waals surface area contributed by atoms with Crippen molar-refractivity contribution in [1.29, 1.82) is 0 Å². The van der Waals surface area contributed by atoms with E-state index in [1.54, 1.807) is 36.7 Å². The molecule has 1 saturated heterocycles. The van der Waals surface area contributed by atoms with Crippen molar-refractivity contribution in [2.24, 2.45) is 5.92 Å². The number of carbonyl (C=O) groups excluding carboxylic acids is 2. The van der Waals surface area contributed by atoms with E-state index in [1.165, 1.54) is 12.0 Å². The van der Waals surface area contributed by atoms with E-state index in [1.807, 2.05) is 6.07 Å². The Labute approximate surface area is 208 Å². The highest BCUT2D eigenvalue weighted by molar-refractivity contribution is 5.88. The molecule has 2 aliphatic rings. The number of oxazole rings is 1. The highest BCUT2D eigenvalue weighted by atomic mass is 19.2. The Hall–Kier alpha value is -3.17. The number of fused-ring (bicyclic) bond motifs is 1. The van der Waals surface area contributed by atoms with Gasteiger partial charge in [0, 0.05) is 31.9 Å². The predicted molar refractivity (Wildman–Crippen MR) is 129 cm³/mol. The van der Waals surface area contributed by atoms with Crippen LogP contribution in [0.2, 0.25) is 0 Å². The highest BCUT2D eigenvalue weighted by Crippen LogP contribution is 2.35. The number of Topliss-reactive ketones (excluding diaryl/α,β-unsaturated/α-hetero) is 1. The summed E-state index contributed by atoms with van der Waals surface area (Å²) in [5.74, 6) is -3.15. The van der Waals surface area contributed by atoms with Crippen molar-refractivity contribution in [1.82, 2.24) is 14.9 Å². The van der Waals surface area contributed by atoms with Crippen molar-refractivity contribution in [2.45, 2.75) is 57.0 Å². The number of alkyl halides is 1. The van der Waals surface area contributed by atoms with Crippen LogP contribution < -0.4 is 0 Å². The lowest BCUT2D eigenvalue weighted by atomic mass is 9.87. The Morgan fingerprint density at radius 1 is 1.17 bits per heavy atom. The summed E-state index contributed by atoms with van der Waals surface area (Å²) in [7, 11) is 1.37. The van der Waals surface area contributed by atoms with Gasteiger partial charge < -0.3 is 13.9 Å². The molecule has 9 heteroatoms. The zero-order valence-corrected chi connectivity index (χ0v) is 20.3. The molecule has 8 nitrogen and oxygen atoms in total. The molecule has 1 aromatic carbocycles. The van der Waals surface area contributed by atoms with Crippen LogP contribution in [0.5, 0.6) is 0 Å². The number of ether oxygens (including phenoxy) is 2. The van der Waals surface area contributed by atoms with Crippen LogP contribution in [0.25, 0.3) is 22.6 Å². The van der Waals surface area contributed by atoms with Gasteiger partial charge in [0.2, 0.25) is 11.7 Å². The number of rotatable bonds is 8. The molecule has 190 valence electrons. The molecule has 1 unspecified atom stereocenters. The van der Waals surface area contributed by atoms with Crippen molar-refractivity contribution in [2.75, 3.05) is 20.2 Å². The molecule has 1 atom stereocenters. The lowest BCUT2D eigenvalue weighted by Crippen LogP contribution is -2.54. The quantitative estimate of drug-likeness (QED) is 0.334. The fraction of sp³-hybridized carbons (Fsp3) is 0.481. The maximum absolute atomic E-state index is 16.4. The number of pyridine rings is 1. The number of likely N-dealkylation sites (tertiary alicyclic amines) is 1. The van der Waals surface area contributed by atoms with E-state index in [4.69, 9.17) is 13.9 Å². The van der Waals surface area contributed by atoms with Crippen LogP contribution in [0.3, 0.4) is 0 Å². The number of methoxy groups -OCH3 is 1. The van der Waals surface area contributed by atoms with Gasteiger partial charge in [0.25, 0.3) is 0 Å². The molecule has 1 saturated carbocycles. The summed E-state index contributed by atoms with van der Waals surface area (Å²) in [4.78, 5) is 35.3. The molecular formula is C27H30FN3O5. The number of aromatic nitrogens is 2. The van der Waals surface area contributed by atoms with E-state index in [2.05, 4.69) is 9.97 Å². The molecule has 0 radical (unpaired) electrons. The molecule has 0 bridgehead atoms. The molecule has 0 amide bonds. The molecule has 1 aliphatic carbocycles. The number of benzene rings is 1. The summed E-state index contributed by atoms with van der Waals surface area (Å²) < 4.78 is 33.1. The van der Waals surface area contributed by atoms with Crippen LogP contribution in [0.15, 0.2) is 47.1 Å². The van der Waals surface area contributed by atoms with E-state index >= 15 is 4.39 Å². The van der Waals surface area contributed by atoms with E-state index in [9.17, 15) is 9.59 Å². The lowest BCUT2D eigenvalue weighted by molar-refractivity contribution is -0.252. The van der Waals surface area contributed by atoms with Crippen LogP contribution in [-0.4, -0.2) is 58.9 Å². The van der Waals surface area contributed by atoms with Crippen molar-refractivity contribution >= 4 is 22.9 Å². The van der Waals surface area contributed by atoms with E-state index < -0.39 is 17.9 Å². The van der Waals surface area contributed by atoms with Crippen molar-refractivity contribution in [3.63, 3.8) is 0 Å².